The molecule has 0 atom stereocenters. The van der Waals surface area contributed by atoms with Gasteiger partial charge in [0.25, 0.3) is 0 Å². The predicted octanol–water partition coefficient (Wildman–Crippen LogP) is 4.64. The van der Waals surface area contributed by atoms with E-state index < -0.39 is 0 Å². The topological polar surface area (TPSA) is 58.5 Å². The Labute approximate surface area is 185 Å². The normalized spacial score (nSPS) is 10.8. The summed E-state index contributed by atoms with van der Waals surface area (Å²) in [7, 11) is 1.66. The van der Waals surface area contributed by atoms with E-state index in [0.29, 0.717) is 30.7 Å². The molecule has 152 valence electrons. The van der Waals surface area contributed by atoms with Gasteiger partial charge in [0, 0.05) is 38.0 Å². The minimum absolute atomic E-state index is 0. The molecular weight excluding hydrogens is 489 g/mol. The average Bonchev–Trinajstić information content (AvgIpc) is 2.70. The lowest BCUT2D eigenvalue weighted by atomic mass is 10.2. The van der Waals surface area contributed by atoms with Gasteiger partial charge in [0.15, 0.2) is 5.96 Å². The first kappa shape index (κ1) is 22.5. The van der Waals surface area contributed by atoms with Crippen molar-refractivity contribution in [2.75, 3.05) is 7.05 Å². The summed E-state index contributed by atoms with van der Waals surface area (Å²) in [6, 6.07) is 15.8. The van der Waals surface area contributed by atoms with E-state index >= 15 is 0 Å². The number of hydrogen-bond acceptors (Lipinski definition) is 3. The maximum atomic E-state index is 13.4. The lowest BCUT2D eigenvalue weighted by Crippen LogP contribution is -2.36. The van der Waals surface area contributed by atoms with Crippen molar-refractivity contribution in [1.29, 1.82) is 0 Å². The zero-order chi connectivity index (χ0) is 19.8. The number of aromatic nitrogens is 1. The second-order valence-electron chi connectivity index (χ2n) is 5.93. The van der Waals surface area contributed by atoms with Gasteiger partial charge in [-0.05, 0) is 35.9 Å². The van der Waals surface area contributed by atoms with E-state index in [4.69, 9.17) is 4.74 Å². The summed E-state index contributed by atoms with van der Waals surface area (Å²) in [5, 5.41) is 6.33. The van der Waals surface area contributed by atoms with Gasteiger partial charge in [-0.25, -0.2) is 13.8 Å². The van der Waals surface area contributed by atoms with Crippen molar-refractivity contribution in [3.05, 3.63) is 89.6 Å². The molecule has 2 aromatic carbocycles. The Morgan fingerprint density at radius 3 is 2.45 bits per heavy atom. The van der Waals surface area contributed by atoms with Gasteiger partial charge in [0.1, 0.15) is 17.4 Å². The molecule has 3 aromatic rings. The molecule has 0 aliphatic heterocycles. The average molecular weight is 510 g/mol. The van der Waals surface area contributed by atoms with Gasteiger partial charge < -0.3 is 15.4 Å². The lowest BCUT2D eigenvalue weighted by molar-refractivity contribution is 0.450. The van der Waals surface area contributed by atoms with Crippen molar-refractivity contribution >= 4 is 29.9 Å². The van der Waals surface area contributed by atoms with Gasteiger partial charge in [0.05, 0.1) is 0 Å². The van der Waals surface area contributed by atoms with Crippen LogP contribution in [-0.2, 0) is 13.1 Å². The van der Waals surface area contributed by atoms with Crippen LogP contribution in [0, 0.1) is 11.6 Å². The van der Waals surface area contributed by atoms with Crippen LogP contribution in [0.25, 0.3) is 0 Å². The van der Waals surface area contributed by atoms with Gasteiger partial charge in [-0.3, -0.25) is 4.99 Å². The van der Waals surface area contributed by atoms with Crippen molar-refractivity contribution < 1.29 is 13.5 Å². The smallest absolute Gasteiger partial charge is 0.224 e. The maximum absolute atomic E-state index is 13.4. The molecule has 29 heavy (non-hydrogen) atoms. The van der Waals surface area contributed by atoms with Crippen molar-refractivity contribution in [1.82, 2.24) is 15.6 Å². The van der Waals surface area contributed by atoms with Gasteiger partial charge in [-0.15, -0.1) is 24.0 Å². The van der Waals surface area contributed by atoms with Crippen LogP contribution in [0.3, 0.4) is 0 Å². The predicted molar refractivity (Wildman–Crippen MR) is 120 cm³/mol. The molecule has 0 bridgehead atoms. The molecular formula is C21H21F2IN4O. The summed E-state index contributed by atoms with van der Waals surface area (Å²) < 4.78 is 32.1. The van der Waals surface area contributed by atoms with Crippen LogP contribution in [0.1, 0.15) is 11.1 Å². The molecule has 8 heteroatoms. The fourth-order valence-corrected chi connectivity index (χ4v) is 2.48. The Bertz CT molecular complexity index is 951. The van der Waals surface area contributed by atoms with Crippen LogP contribution in [0.4, 0.5) is 8.78 Å². The zero-order valence-corrected chi connectivity index (χ0v) is 18.1. The second-order valence-corrected chi connectivity index (χ2v) is 5.93. The highest BCUT2D eigenvalue weighted by molar-refractivity contribution is 14.0. The first-order valence-corrected chi connectivity index (χ1v) is 8.70. The first-order valence-electron chi connectivity index (χ1n) is 8.70. The van der Waals surface area contributed by atoms with Crippen molar-refractivity contribution in [3.63, 3.8) is 0 Å². The third kappa shape index (κ3) is 6.97. The minimum atomic E-state index is -0.376. The fourth-order valence-electron chi connectivity index (χ4n) is 2.48. The van der Waals surface area contributed by atoms with Gasteiger partial charge >= 0.3 is 0 Å². The molecule has 1 heterocycles. The van der Waals surface area contributed by atoms with Crippen molar-refractivity contribution in [2.24, 2.45) is 4.99 Å². The number of benzene rings is 2. The van der Waals surface area contributed by atoms with Gasteiger partial charge in [-0.1, -0.05) is 24.3 Å². The molecule has 5 nitrogen and oxygen atoms in total. The molecule has 0 radical (unpaired) electrons. The fraction of sp³-hybridized carbons (Fsp3) is 0.143. The van der Waals surface area contributed by atoms with Crippen molar-refractivity contribution in [3.8, 4) is 11.6 Å². The number of guanidine groups is 1. The number of pyridine rings is 1. The Morgan fingerprint density at radius 2 is 1.72 bits per heavy atom. The summed E-state index contributed by atoms with van der Waals surface area (Å²) in [6.45, 7) is 0.904. The van der Waals surface area contributed by atoms with E-state index in [1.54, 1.807) is 43.6 Å². The number of nitrogens with one attached hydrogen (secondary N) is 2. The highest BCUT2D eigenvalue weighted by Gasteiger charge is 2.08. The molecule has 0 unspecified atom stereocenters. The number of ether oxygens (including phenoxy) is 1. The van der Waals surface area contributed by atoms with Crippen LogP contribution < -0.4 is 15.4 Å². The number of rotatable bonds is 6. The van der Waals surface area contributed by atoms with Crippen LogP contribution in [0.5, 0.6) is 11.6 Å². The Hall–Kier alpha value is -2.75. The number of nitrogens with zero attached hydrogens (tertiary/aromatic N) is 2. The molecule has 2 N–H and O–H groups in total. The molecule has 3 rings (SSSR count). The van der Waals surface area contributed by atoms with Crippen LogP contribution in [-0.4, -0.2) is 18.0 Å². The van der Waals surface area contributed by atoms with E-state index in [1.165, 1.54) is 24.3 Å². The van der Waals surface area contributed by atoms with Crippen LogP contribution in [0.15, 0.2) is 71.9 Å². The molecule has 0 spiro atoms. The first-order chi connectivity index (χ1) is 13.6. The number of halogens is 3. The number of aliphatic imine (C=N–C) groups is 1. The van der Waals surface area contributed by atoms with Crippen LogP contribution in [0.2, 0.25) is 0 Å². The number of hydrogen-bond donors (Lipinski definition) is 2. The Kier molecular flexibility index (Phi) is 8.78. The van der Waals surface area contributed by atoms with Gasteiger partial charge in [-0.2, -0.15) is 0 Å². The quantitative estimate of drug-likeness (QED) is 0.289. The van der Waals surface area contributed by atoms with E-state index in [-0.39, 0.29) is 35.6 Å². The zero-order valence-electron chi connectivity index (χ0n) is 15.7. The summed E-state index contributed by atoms with van der Waals surface area (Å²) in [5.41, 5.74) is 1.72. The second kappa shape index (κ2) is 11.3. The molecule has 0 fully saturated rings. The van der Waals surface area contributed by atoms with E-state index in [9.17, 15) is 8.78 Å². The molecule has 0 aliphatic carbocycles. The van der Waals surface area contributed by atoms with E-state index in [0.717, 1.165) is 11.1 Å². The van der Waals surface area contributed by atoms with Crippen LogP contribution >= 0.6 is 24.0 Å². The minimum Gasteiger partial charge on any atom is -0.439 e. The standard InChI is InChI=1S/C21H20F2N4O.HI/c1-24-21(26-13-15-7-9-17(22)10-8-15)27-14-16-4-3-11-25-20(16)28-19-6-2-5-18(23)12-19;/h2-12H,13-14H2,1H3,(H2,24,26,27);1H. The molecule has 0 saturated heterocycles. The molecule has 1 aromatic heterocycles. The summed E-state index contributed by atoms with van der Waals surface area (Å²) in [6.07, 6.45) is 1.61. The highest BCUT2D eigenvalue weighted by atomic mass is 127. The Balaban J connectivity index is 0.00000300. The summed E-state index contributed by atoms with van der Waals surface area (Å²) in [5.74, 6) is 0.686. The third-order valence-corrected chi connectivity index (χ3v) is 3.90. The van der Waals surface area contributed by atoms with E-state index in [2.05, 4.69) is 20.6 Å². The Morgan fingerprint density at radius 1 is 0.966 bits per heavy atom. The monoisotopic (exact) mass is 510 g/mol. The lowest BCUT2D eigenvalue weighted by Gasteiger charge is -2.14. The SMILES string of the molecule is CN=C(NCc1ccc(F)cc1)NCc1cccnc1Oc1cccc(F)c1.I. The largest absolute Gasteiger partial charge is 0.439 e. The highest BCUT2D eigenvalue weighted by Crippen LogP contribution is 2.23. The van der Waals surface area contributed by atoms with Crippen molar-refractivity contribution in [2.45, 2.75) is 13.1 Å². The molecule has 0 saturated carbocycles. The maximum Gasteiger partial charge on any atom is 0.224 e. The third-order valence-electron chi connectivity index (χ3n) is 3.90. The molecule has 0 amide bonds. The summed E-state index contributed by atoms with van der Waals surface area (Å²) >= 11 is 0. The molecule has 0 aliphatic rings. The summed E-state index contributed by atoms with van der Waals surface area (Å²) in [4.78, 5) is 8.40. The van der Waals surface area contributed by atoms with Gasteiger partial charge in [0.2, 0.25) is 5.88 Å². The van der Waals surface area contributed by atoms with E-state index in [1.807, 2.05) is 6.07 Å².